The van der Waals surface area contributed by atoms with E-state index in [2.05, 4.69) is 5.32 Å². The maximum Gasteiger partial charge on any atom is 0.251 e. The first-order valence-electron chi connectivity index (χ1n) is 8.10. The number of rotatable bonds is 4. The van der Waals surface area contributed by atoms with Gasteiger partial charge in [0, 0.05) is 28.8 Å². The van der Waals surface area contributed by atoms with Gasteiger partial charge in [0.2, 0.25) is 0 Å². The average molecular weight is 367 g/mol. The zero-order valence-corrected chi connectivity index (χ0v) is 14.5. The van der Waals surface area contributed by atoms with Gasteiger partial charge in [0.15, 0.2) is 0 Å². The molecule has 1 saturated carbocycles. The van der Waals surface area contributed by atoms with Crippen molar-refractivity contribution in [3.05, 3.63) is 65.2 Å². The molecule has 0 spiro atoms. The number of nitrogens with two attached hydrogens (primary N) is 1. The largest absolute Gasteiger partial charge is 0.399 e. The standard InChI is InChI=1S/C19H20F2N2O.ClH/c20-15-7-4-8-16(21)17(15)19(9-1-2-10-19)12-23-18(24)13-5-3-6-14(22)11-13;/h3-8,11H,1-2,9-10,12,22H2,(H,23,24);1H. The first-order valence-corrected chi connectivity index (χ1v) is 8.10. The molecule has 3 nitrogen and oxygen atoms in total. The van der Waals surface area contributed by atoms with Crippen LogP contribution in [0.15, 0.2) is 42.5 Å². The molecular weight excluding hydrogens is 346 g/mol. The Morgan fingerprint density at radius 2 is 1.68 bits per heavy atom. The molecule has 0 atom stereocenters. The van der Waals surface area contributed by atoms with Gasteiger partial charge >= 0.3 is 0 Å². The third-order valence-electron chi connectivity index (χ3n) is 4.79. The van der Waals surface area contributed by atoms with Gasteiger partial charge in [-0.1, -0.05) is 25.0 Å². The van der Waals surface area contributed by atoms with Crippen LogP contribution in [-0.4, -0.2) is 12.5 Å². The number of carbonyl (C=O) groups is 1. The molecule has 0 aromatic heterocycles. The fourth-order valence-electron chi connectivity index (χ4n) is 3.60. The summed E-state index contributed by atoms with van der Waals surface area (Å²) in [5.41, 5.74) is 6.04. The number of amides is 1. The molecule has 25 heavy (non-hydrogen) atoms. The van der Waals surface area contributed by atoms with Gasteiger partial charge in [0.25, 0.3) is 5.91 Å². The van der Waals surface area contributed by atoms with E-state index in [1.807, 2.05) is 0 Å². The molecule has 3 N–H and O–H groups in total. The Balaban J connectivity index is 0.00000225. The molecule has 1 aliphatic rings. The van der Waals surface area contributed by atoms with Gasteiger partial charge in [-0.3, -0.25) is 4.79 Å². The molecule has 3 rings (SSSR count). The average Bonchev–Trinajstić information content (AvgIpc) is 3.02. The van der Waals surface area contributed by atoms with E-state index in [-0.39, 0.29) is 30.4 Å². The molecule has 6 heteroatoms. The van der Waals surface area contributed by atoms with Crippen molar-refractivity contribution in [3.63, 3.8) is 0 Å². The zero-order chi connectivity index (χ0) is 17.2. The highest BCUT2D eigenvalue weighted by molar-refractivity contribution is 5.95. The normalized spacial score (nSPS) is 15.4. The van der Waals surface area contributed by atoms with Crippen LogP contribution in [0.1, 0.15) is 41.6 Å². The number of halogens is 3. The van der Waals surface area contributed by atoms with Crippen molar-refractivity contribution in [2.24, 2.45) is 0 Å². The Kier molecular flexibility index (Phi) is 6.01. The van der Waals surface area contributed by atoms with E-state index in [1.165, 1.54) is 18.2 Å². The summed E-state index contributed by atoms with van der Waals surface area (Å²) in [5, 5.41) is 2.83. The van der Waals surface area contributed by atoms with Crippen LogP contribution in [0.3, 0.4) is 0 Å². The van der Waals surface area contributed by atoms with Gasteiger partial charge < -0.3 is 11.1 Å². The fourth-order valence-corrected chi connectivity index (χ4v) is 3.60. The van der Waals surface area contributed by atoms with Crippen molar-refractivity contribution < 1.29 is 13.6 Å². The Hall–Kier alpha value is -2.14. The number of hydrogen-bond acceptors (Lipinski definition) is 2. The summed E-state index contributed by atoms with van der Waals surface area (Å²) in [5.74, 6) is -1.38. The Morgan fingerprint density at radius 1 is 1.08 bits per heavy atom. The number of carbonyl (C=O) groups excluding carboxylic acids is 1. The number of hydrogen-bond donors (Lipinski definition) is 2. The summed E-state index contributed by atoms with van der Waals surface area (Å²) in [6.45, 7) is 0.207. The van der Waals surface area contributed by atoms with Crippen molar-refractivity contribution in [1.29, 1.82) is 0 Å². The molecule has 1 fully saturated rings. The smallest absolute Gasteiger partial charge is 0.251 e. The molecule has 0 radical (unpaired) electrons. The predicted octanol–water partition coefficient (Wildman–Crippen LogP) is 4.21. The lowest BCUT2D eigenvalue weighted by atomic mass is 9.78. The first-order chi connectivity index (χ1) is 11.5. The molecular formula is C19H21ClF2N2O. The zero-order valence-electron chi connectivity index (χ0n) is 13.7. The molecule has 2 aromatic carbocycles. The van der Waals surface area contributed by atoms with Crippen molar-refractivity contribution in [1.82, 2.24) is 5.32 Å². The Labute approximate surface area is 152 Å². The lowest BCUT2D eigenvalue weighted by Gasteiger charge is -2.30. The molecule has 0 aliphatic heterocycles. The summed E-state index contributed by atoms with van der Waals surface area (Å²) in [7, 11) is 0. The van der Waals surface area contributed by atoms with Crippen LogP contribution in [0, 0.1) is 11.6 Å². The fraction of sp³-hybridized carbons (Fsp3) is 0.316. The molecule has 0 bridgehead atoms. The molecule has 2 aromatic rings. The van der Waals surface area contributed by atoms with E-state index in [0.717, 1.165) is 12.8 Å². The Bertz CT molecular complexity index is 741. The summed E-state index contributed by atoms with van der Waals surface area (Å²) in [4.78, 5) is 12.3. The minimum absolute atomic E-state index is 0. The highest BCUT2D eigenvalue weighted by Crippen LogP contribution is 2.42. The predicted molar refractivity (Wildman–Crippen MR) is 96.9 cm³/mol. The van der Waals surface area contributed by atoms with E-state index in [4.69, 9.17) is 5.73 Å². The maximum absolute atomic E-state index is 14.3. The van der Waals surface area contributed by atoms with Gasteiger partial charge in [0.1, 0.15) is 11.6 Å². The number of nitrogen functional groups attached to an aromatic ring is 1. The summed E-state index contributed by atoms with van der Waals surface area (Å²) < 4.78 is 28.6. The van der Waals surface area contributed by atoms with Crippen LogP contribution in [0.25, 0.3) is 0 Å². The van der Waals surface area contributed by atoms with Gasteiger partial charge in [-0.15, -0.1) is 12.4 Å². The van der Waals surface area contributed by atoms with Crippen LogP contribution in [-0.2, 0) is 5.41 Å². The SMILES string of the molecule is Cl.Nc1cccc(C(=O)NCC2(c3c(F)cccc3F)CCCC2)c1. The second-order valence-corrected chi connectivity index (χ2v) is 6.39. The van der Waals surface area contributed by atoms with Gasteiger partial charge in [-0.2, -0.15) is 0 Å². The van der Waals surface area contributed by atoms with E-state index in [9.17, 15) is 13.6 Å². The van der Waals surface area contributed by atoms with Crippen LogP contribution >= 0.6 is 12.4 Å². The van der Waals surface area contributed by atoms with Crippen molar-refractivity contribution in [2.45, 2.75) is 31.1 Å². The van der Waals surface area contributed by atoms with Gasteiger partial charge in [-0.05, 0) is 43.2 Å². The van der Waals surface area contributed by atoms with Gasteiger partial charge in [-0.25, -0.2) is 8.78 Å². The maximum atomic E-state index is 14.3. The lowest BCUT2D eigenvalue weighted by Crippen LogP contribution is -2.40. The third-order valence-corrected chi connectivity index (χ3v) is 4.79. The second-order valence-electron chi connectivity index (χ2n) is 6.39. The van der Waals surface area contributed by atoms with Crippen LogP contribution in [0.4, 0.5) is 14.5 Å². The highest BCUT2D eigenvalue weighted by Gasteiger charge is 2.40. The van der Waals surface area contributed by atoms with Crippen molar-refractivity contribution in [3.8, 4) is 0 Å². The molecule has 0 saturated heterocycles. The van der Waals surface area contributed by atoms with E-state index >= 15 is 0 Å². The van der Waals surface area contributed by atoms with Crippen molar-refractivity contribution in [2.75, 3.05) is 12.3 Å². The minimum Gasteiger partial charge on any atom is -0.399 e. The molecule has 0 heterocycles. The van der Waals surface area contributed by atoms with Crippen LogP contribution in [0.5, 0.6) is 0 Å². The molecule has 1 aliphatic carbocycles. The number of benzene rings is 2. The third kappa shape index (κ3) is 3.93. The first kappa shape index (κ1) is 19.2. The number of nitrogens with one attached hydrogen (secondary N) is 1. The Morgan fingerprint density at radius 3 is 2.28 bits per heavy atom. The summed E-state index contributed by atoms with van der Waals surface area (Å²) >= 11 is 0. The summed E-state index contributed by atoms with van der Waals surface area (Å²) in [6.07, 6.45) is 3.09. The highest BCUT2D eigenvalue weighted by atomic mass is 35.5. The second kappa shape index (κ2) is 7.83. The van der Waals surface area contributed by atoms with E-state index in [1.54, 1.807) is 24.3 Å². The molecule has 134 valence electrons. The van der Waals surface area contributed by atoms with Crippen LogP contribution in [0.2, 0.25) is 0 Å². The molecule has 0 unspecified atom stereocenters. The lowest BCUT2D eigenvalue weighted by molar-refractivity contribution is 0.0942. The summed E-state index contributed by atoms with van der Waals surface area (Å²) in [6, 6.07) is 10.6. The molecule has 1 amide bonds. The van der Waals surface area contributed by atoms with E-state index in [0.29, 0.717) is 24.1 Å². The van der Waals surface area contributed by atoms with Crippen LogP contribution < -0.4 is 11.1 Å². The minimum atomic E-state index is -0.689. The van der Waals surface area contributed by atoms with Gasteiger partial charge in [0.05, 0.1) is 0 Å². The number of anilines is 1. The van der Waals surface area contributed by atoms with Crippen molar-refractivity contribution >= 4 is 24.0 Å². The monoisotopic (exact) mass is 366 g/mol. The van der Waals surface area contributed by atoms with E-state index < -0.39 is 17.0 Å². The quantitative estimate of drug-likeness (QED) is 0.796. The topological polar surface area (TPSA) is 55.1 Å².